The minimum atomic E-state index is -0.0174. The van der Waals surface area contributed by atoms with Crippen molar-refractivity contribution in [2.75, 3.05) is 228 Å². The van der Waals surface area contributed by atoms with E-state index in [-0.39, 0.29) is 59.7 Å². The Morgan fingerprint density at radius 2 is 0.902 bits per heavy atom. The van der Waals surface area contributed by atoms with Gasteiger partial charge in [0, 0.05) is 152 Å². The lowest BCUT2D eigenvalue weighted by Gasteiger charge is -2.34. The molecule has 5 heterocycles. The van der Waals surface area contributed by atoms with Crippen LogP contribution < -0.4 is 15.4 Å². The number of likely N-dealkylation sites (N-methyl/N-ethyl adjacent to an activating group) is 8. The van der Waals surface area contributed by atoms with E-state index in [1.54, 1.807) is 25.9 Å². The van der Waals surface area contributed by atoms with Gasteiger partial charge in [0.05, 0.1) is 64.6 Å². The lowest BCUT2D eigenvalue weighted by molar-refractivity contribution is -0.141. The highest BCUT2D eigenvalue weighted by Crippen LogP contribution is 2.27. The topological polar surface area (TPSA) is 238 Å². The molecular weight excluding hydrogens is 1550 g/mol. The number of piperidine rings is 3. The number of nitrogens with one attached hydrogen (secondary N) is 2. The summed E-state index contributed by atoms with van der Waals surface area (Å²) in [6, 6.07) is 8.14. The molecule has 26 nitrogen and oxygen atoms in total. The van der Waals surface area contributed by atoms with Crippen molar-refractivity contribution in [1.29, 1.82) is 0 Å². The van der Waals surface area contributed by atoms with Crippen molar-refractivity contribution in [2.45, 2.75) is 253 Å². The Kier molecular flexibility index (Phi) is 63.3. The SMILES string of the molecule is CC(=O)N1CCC(CCC(C)C)CC1.CC(=O)NC1CCCN(C(=O)CN(C)CC(C)C)C1.CC(C)CC(=O)CN(C)C(=O)CN(C)CC(C)C.CC(C)CN(C)CC(=O)N(C)Cc1ccc(OCCCN(C)C)cc1.CC(C)CN(C)CC(=O)N1CC2CCC(C1)O2.CCC1CCN(C(=O)CN(C)CC(C)C)CC1.CCCN(CC(=O)NC)CC(C)C. The quantitative estimate of drug-likeness (QED) is 0.0579. The van der Waals surface area contributed by atoms with Gasteiger partial charge in [0.25, 0.3) is 0 Å². The minimum Gasteiger partial charge on any atom is -0.494 e. The van der Waals surface area contributed by atoms with Crippen LogP contribution in [0.2, 0.25) is 0 Å². The first-order chi connectivity index (χ1) is 57.6. The van der Waals surface area contributed by atoms with Gasteiger partial charge in [0.2, 0.25) is 47.3 Å². The van der Waals surface area contributed by atoms with Crippen LogP contribution in [-0.4, -0.2) is 363 Å². The van der Waals surface area contributed by atoms with Crippen LogP contribution in [0, 0.1) is 59.2 Å². The highest BCUT2D eigenvalue weighted by atomic mass is 16.5. The van der Waals surface area contributed by atoms with Crippen LogP contribution in [0.1, 0.15) is 234 Å². The van der Waals surface area contributed by atoms with E-state index in [9.17, 15) is 43.2 Å². The van der Waals surface area contributed by atoms with Gasteiger partial charge >= 0.3 is 0 Å². The number of nitrogens with zero attached hydrogens (tertiary/aromatic N) is 13. The summed E-state index contributed by atoms with van der Waals surface area (Å²) in [7, 11) is 19.3. The second-order valence-electron chi connectivity index (χ2n) is 39.8. The number of rotatable bonds is 42. The fourth-order valence-corrected chi connectivity index (χ4v) is 16.1. The normalized spacial score (nSPS) is 16.8. The molecule has 5 aliphatic rings. The molecule has 0 saturated carbocycles. The van der Waals surface area contributed by atoms with Crippen LogP contribution in [0.3, 0.4) is 0 Å². The number of ketones is 1. The molecule has 123 heavy (non-hydrogen) atoms. The van der Waals surface area contributed by atoms with Gasteiger partial charge < -0.3 is 54.4 Å². The van der Waals surface area contributed by atoms with Gasteiger partial charge in [0.1, 0.15) is 5.75 Å². The number of hydrogen-bond acceptors (Lipinski definition) is 18. The molecule has 1 aromatic rings. The molecule has 0 spiro atoms. The molecule has 5 aliphatic heterocycles. The Morgan fingerprint density at radius 3 is 1.32 bits per heavy atom. The third kappa shape index (κ3) is 60.5. The standard InChI is InChI=1S/C20H35N3O2.C14H27N3O2.C14H28N2O2.C14H28N2O.C13H24N2O2.C12H23NO.C10H22N2O/c1-17(2)14-22(5)16-20(24)23(6)15-18-8-10-19(11-9-18)25-13-7-12-21(3)4;1-11(2)8-16(4)10-14(19)17-7-5-6-13(9-17)15-12(3)18;1-11(2)7-13(17)9-16(6)14(18)10-15(5)8-12(3)4;1-5-13-6-8-16(9-7-13)14(17)11-15(4)10-12(2)3;1-10(2)6-14(3)9-13(16)15-7-11-4-5-12(8-15)17-11;1-10(2)4-5-12-6-8-13(9-7-12)11(3)14;1-5-6-12(7-9(2)3)8-10(13)11-4/h8-11,17H,7,12-16H2,1-6H3;11,13H,5-10H2,1-4H3,(H,15,18);11-12H,7-10H2,1-6H3;12-13H,5-11H2,1-4H3;10-12H,4-9H2,1-3H3;10,12H,4-9H2,1-3H3;9H,5-8H2,1-4H3,(H,11,13). The van der Waals surface area contributed by atoms with Crippen molar-refractivity contribution in [3.63, 3.8) is 0 Å². The van der Waals surface area contributed by atoms with Crippen molar-refractivity contribution in [3.05, 3.63) is 29.8 Å². The average Bonchev–Trinajstić information content (AvgIpc) is 1.70. The molecule has 8 amide bonds. The average molecular weight is 1740 g/mol. The molecule has 2 bridgehead atoms. The summed E-state index contributed by atoms with van der Waals surface area (Å²) in [6.45, 7) is 61.3. The molecule has 0 aliphatic carbocycles. The molecule has 1 aromatic carbocycles. The molecule has 5 fully saturated rings. The lowest BCUT2D eigenvalue weighted by atomic mass is 9.90. The highest BCUT2D eigenvalue weighted by molar-refractivity contribution is 5.87. The third-order valence-electron chi connectivity index (χ3n) is 21.8. The monoisotopic (exact) mass is 1740 g/mol. The van der Waals surface area contributed by atoms with Gasteiger partial charge in [-0.3, -0.25) is 72.6 Å². The molecule has 3 atom stereocenters. The minimum absolute atomic E-state index is 0.00950. The maximum absolute atomic E-state index is 12.3. The van der Waals surface area contributed by atoms with Crippen molar-refractivity contribution in [3.8, 4) is 5.75 Å². The van der Waals surface area contributed by atoms with E-state index in [4.69, 9.17) is 9.47 Å². The van der Waals surface area contributed by atoms with Gasteiger partial charge in [-0.25, -0.2) is 0 Å². The Morgan fingerprint density at radius 1 is 0.463 bits per heavy atom. The molecule has 716 valence electrons. The van der Waals surface area contributed by atoms with Crippen LogP contribution in [0.4, 0.5) is 0 Å². The number of amides is 8. The summed E-state index contributed by atoms with van der Waals surface area (Å²) in [5, 5.41) is 5.55. The number of hydrogen-bond donors (Lipinski definition) is 2. The van der Waals surface area contributed by atoms with E-state index < -0.39 is 0 Å². The number of likely N-dealkylation sites (tertiary alicyclic amines) is 4. The summed E-state index contributed by atoms with van der Waals surface area (Å²) in [6.07, 6.45) is 16.2. The molecule has 2 N–H and O–H groups in total. The van der Waals surface area contributed by atoms with E-state index in [0.29, 0.717) is 118 Å². The van der Waals surface area contributed by atoms with Crippen molar-refractivity contribution in [1.82, 2.24) is 74.3 Å². The molecule has 26 heteroatoms. The second-order valence-corrected chi connectivity index (χ2v) is 39.8. The molecule has 6 rings (SSSR count). The van der Waals surface area contributed by atoms with E-state index in [0.717, 1.165) is 172 Å². The van der Waals surface area contributed by atoms with E-state index in [1.165, 1.54) is 56.8 Å². The number of carbonyl (C=O) groups excluding carboxylic acids is 9. The summed E-state index contributed by atoms with van der Waals surface area (Å²) in [5.41, 5.74) is 1.11. The number of morpholine rings is 1. The Bertz CT molecular complexity index is 3000. The number of Topliss-reactive ketones (excluding diaryl/α,β-unsaturated/α-hetero) is 1. The van der Waals surface area contributed by atoms with Crippen LogP contribution >= 0.6 is 0 Å². The molecule has 0 aromatic heterocycles. The fraction of sp³-hybridized carbons (Fsp3) is 0.845. The van der Waals surface area contributed by atoms with Crippen molar-refractivity contribution in [2.24, 2.45) is 59.2 Å². The molecule has 3 unspecified atom stereocenters. The second kappa shape index (κ2) is 66.5. The van der Waals surface area contributed by atoms with Crippen molar-refractivity contribution >= 4 is 53.0 Å². The van der Waals surface area contributed by atoms with Gasteiger partial charge in [-0.1, -0.05) is 156 Å². The van der Waals surface area contributed by atoms with Crippen LogP contribution in [-0.2, 0) is 54.4 Å². The fourth-order valence-electron chi connectivity index (χ4n) is 16.1. The first kappa shape index (κ1) is 117. The Labute approximate surface area is 751 Å². The van der Waals surface area contributed by atoms with E-state index >= 15 is 0 Å². The zero-order valence-electron chi connectivity index (χ0n) is 84.2. The van der Waals surface area contributed by atoms with Gasteiger partial charge in [-0.05, 0) is 197 Å². The summed E-state index contributed by atoms with van der Waals surface area (Å²) in [4.78, 5) is 131. The van der Waals surface area contributed by atoms with E-state index in [1.807, 2.05) is 105 Å². The number of carbonyl (C=O) groups is 9. The summed E-state index contributed by atoms with van der Waals surface area (Å²) in [5.74, 6) is 8.62. The number of fused-ring (bicyclic) bond motifs is 2. The number of ether oxygens (including phenoxy) is 2. The van der Waals surface area contributed by atoms with Gasteiger partial charge in [0.15, 0.2) is 5.78 Å². The maximum Gasteiger partial charge on any atom is 0.236 e. The first-order valence-electron chi connectivity index (χ1n) is 47.4. The molecule has 5 saturated heterocycles. The highest BCUT2D eigenvalue weighted by Gasteiger charge is 2.36. The molecular formula is C97H187N15O11. The summed E-state index contributed by atoms with van der Waals surface area (Å²) < 4.78 is 11.5. The Balaban J connectivity index is 0.00000142. The zero-order chi connectivity index (χ0) is 93.6. The zero-order valence-corrected chi connectivity index (χ0v) is 84.2. The van der Waals surface area contributed by atoms with Crippen LogP contribution in [0.5, 0.6) is 5.75 Å². The Hall–Kier alpha value is -5.87. The van der Waals surface area contributed by atoms with Crippen LogP contribution in [0.25, 0.3) is 0 Å². The van der Waals surface area contributed by atoms with E-state index in [2.05, 4.69) is 165 Å². The predicted molar refractivity (Wildman–Crippen MR) is 508 cm³/mol. The van der Waals surface area contributed by atoms with Crippen molar-refractivity contribution < 1.29 is 52.6 Å². The third-order valence-corrected chi connectivity index (χ3v) is 21.8. The predicted octanol–water partition coefficient (Wildman–Crippen LogP) is 11.9. The van der Waals surface area contributed by atoms with Crippen LogP contribution in [0.15, 0.2) is 24.3 Å². The smallest absolute Gasteiger partial charge is 0.236 e. The van der Waals surface area contributed by atoms with Gasteiger partial charge in [-0.15, -0.1) is 0 Å². The maximum atomic E-state index is 12.3. The number of benzene rings is 1. The van der Waals surface area contributed by atoms with Gasteiger partial charge in [-0.2, -0.15) is 0 Å². The first-order valence-corrected chi connectivity index (χ1v) is 47.4. The lowest BCUT2D eigenvalue weighted by Crippen LogP contribution is -2.51. The summed E-state index contributed by atoms with van der Waals surface area (Å²) >= 11 is 0. The largest absolute Gasteiger partial charge is 0.494 e. The molecule has 0 radical (unpaired) electrons.